The quantitative estimate of drug-likeness (QED) is 0.790. The topological polar surface area (TPSA) is 63.1 Å². The second-order valence-corrected chi connectivity index (χ2v) is 7.91. The summed E-state index contributed by atoms with van der Waals surface area (Å²) in [5.74, 6) is 1.34. The van der Waals surface area contributed by atoms with Crippen molar-refractivity contribution in [3.63, 3.8) is 0 Å². The normalized spacial score (nSPS) is 24.6. The lowest BCUT2D eigenvalue weighted by molar-refractivity contribution is -0.929. The van der Waals surface area contributed by atoms with Crippen LogP contribution in [-0.2, 0) is 9.59 Å². The minimum Gasteiger partial charge on any atom is -0.497 e. The number of fused-ring (bicyclic) bond motifs is 1. The van der Waals surface area contributed by atoms with E-state index >= 15 is 0 Å². The number of amides is 2. The molecule has 1 heterocycles. The minimum absolute atomic E-state index is 0.0528. The smallest absolute Gasteiger partial charge is 0.277 e. The molecule has 2 aliphatic rings. The number of carbonyl (C=O) groups excluding carboxylic acids is 2. The molecule has 6 heteroatoms. The van der Waals surface area contributed by atoms with E-state index in [0.29, 0.717) is 24.0 Å². The first-order valence-corrected chi connectivity index (χ1v) is 10.1. The Morgan fingerprint density at radius 3 is 2.81 bits per heavy atom. The van der Waals surface area contributed by atoms with Gasteiger partial charge in [0.05, 0.1) is 26.2 Å². The van der Waals surface area contributed by atoms with Gasteiger partial charge in [-0.2, -0.15) is 0 Å². The van der Waals surface area contributed by atoms with Gasteiger partial charge in [0.2, 0.25) is 5.91 Å². The van der Waals surface area contributed by atoms with Crippen LogP contribution in [0.2, 0.25) is 0 Å². The van der Waals surface area contributed by atoms with Gasteiger partial charge in [-0.05, 0) is 44.2 Å². The zero-order valence-electron chi connectivity index (χ0n) is 16.5. The highest BCUT2D eigenvalue weighted by Gasteiger charge is 2.37. The Morgan fingerprint density at radius 1 is 1.22 bits per heavy atom. The van der Waals surface area contributed by atoms with Gasteiger partial charge >= 0.3 is 0 Å². The average molecular weight is 375 g/mol. The molecule has 0 radical (unpaired) electrons. The summed E-state index contributed by atoms with van der Waals surface area (Å²) in [6, 6.07) is 7.86. The largest absolute Gasteiger partial charge is 0.497 e. The molecule has 0 aromatic heterocycles. The molecule has 1 aliphatic carbocycles. The molecule has 1 unspecified atom stereocenters. The van der Waals surface area contributed by atoms with E-state index < -0.39 is 0 Å². The fraction of sp³-hybridized carbons (Fsp3) is 0.619. The van der Waals surface area contributed by atoms with Crippen molar-refractivity contribution >= 4 is 17.5 Å². The lowest BCUT2D eigenvalue weighted by Crippen LogP contribution is -3.18. The Balaban J connectivity index is 1.50. The van der Waals surface area contributed by atoms with E-state index in [0.717, 1.165) is 12.5 Å². The molecule has 3 rings (SSSR count). The van der Waals surface area contributed by atoms with Crippen molar-refractivity contribution < 1.29 is 19.2 Å². The zero-order valence-corrected chi connectivity index (χ0v) is 16.5. The van der Waals surface area contributed by atoms with E-state index in [9.17, 15) is 9.59 Å². The fourth-order valence-electron chi connectivity index (χ4n) is 4.62. The summed E-state index contributed by atoms with van der Waals surface area (Å²) in [6.45, 7) is 1.65. The van der Waals surface area contributed by atoms with E-state index in [-0.39, 0.29) is 18.4 Å². The number of rotatable bonds is 6. The van der Waals surface area contributed by atoms with Crippen molar-refractivity contribution in [3.8, 4) is 5.75 Å². The number of benzene rings is 1. The third kappa shape index (κ3) is 5.22. The maximum atomic E-state index is 12.7. The number of piperidine rings is 1. The number of anilines is 1. The van der Waals surface area contributed by atoms with Gasteiger partial charge in [-0.15, -0.1) is 0 Å². The molecule has 148 valence electrons. The number of likely N-dealkylation sites (N-methyl/N-ethyl adjacent to an activating group) is 1. The van der Waals surface area contributed by atoms with Crippen LogP contribution in [0.15, 0.2) is 24.3 Å². The van der Waals surface area contributed by atoms with Crippen molar-refractivity contribution in [1.29, 1.82) is 0 Å². The molecule has 2 fully saturated rings. The monoisotopic (exact) mass is 374 g/mol. The number of nitrogens with zero attached hydrogens (tertiary/aromatic N) is 1. The first-order valence-electron chi connectivity index (χ1n) is 10.1. The summed E-state index contributed by atoms with van der Waals surface area (Å²) >= 11 is 0. The number of ether oxygens (including phenoxy) is 1. The average Bonchev–Trinajstić information content (AvgIpc) is 2.68. The maximum Gasteiger partial charge on any atom is 0.277 e. The number of carbonyl (C=O) groups is 2. The second-order valence-electron chi connectivity index (χ2n) is 7.91. The van der Waals surface area contributed by atoms with Crippen LogP contribution in [0.1, 0.15) is 38.5 Å². The van der Waals surface area contributed by atoms with Gasteiger partial charge in [0, 0.05) is 24.7 Å². The van der Waals surface area contributed by atoms with Crippen LogP contribution in [0.4, 0.5) is 5.69 Å². The summed E-state index contributed by atoms with van der Waals surface area (Å²) in [5, 5.41) is 2.83. The molecule has 1 saturated heterocycles. The molecule has 1 aromatic carbocycles. The predicted octanol–water partition coefficient (Wildman–Crippen LogP) is 1.33. The molecule has 0 spiro atoms. The van der Waals surface area contributed by atoms with Crippen LogP contribution >= 0.6 is 0 Å². The number of likely N-dealkylation sites (tertiary alicyclic amines) is 1. The van der Waals surface area contributed by atoms with Crippen LogP contribution < -0.4 is 15.0 Å². The van der Waals surface area contributed by atoms with Gasteiger partial charge in [-0.3, -0.25) is 9.59 Å². The molecule has 1 aromatic rings. The Labute approximate surface area is 161 Å². The summed E-state index contributed by atoms with van der Waals surface area (Å²) in [5.41, 5.74) is 0.673. The highest BCUT2D eigenvalue weighted by molar-refractivity contribution is 5.94. The fourth-order valence-corrected chi connectivity index (χ4v) is 4.62. The first-order chi connectivity index (χ1) is 13.1. The minimum atomic E-state index is -0.191. The third-order valence-corrected chi connectivity index (χ3v) is 6.04. The maximum absolute atomic E-state index is 12.7. The van der Waals surface area contributed by atoms with Crippen LogP contribution in [0.5, 0.6) is 5.75 Å². The number of hydrogen-bond acceptors (Lipinski definition) is 3. The standard InChI is InChI=1S/C21H31N3O3/c1-23(14-20(25)22-17-9-5-10-18(13-17)27-2)21(26)15-24-12-6-8-16-7-3-4-11-19(16)24/h5,9-10,13,16,19H,3-4,6-8,11-12,14-15H2,1-2H3,(H,22,25)/p+1/t16-,19-/m0/s1. The van der Waals surface area contributed by atoms with Gasteiger partial charge in [0.25, 0.3) is 5.91 Å². The molecule has 0 bridgehead atoms. The molecular formula is C21H32N3O3+. The molecule has 3 atom stereocenters. The molecule has 27 heavy (non-hydrogen) atoms. The Bertz CT molecular complexity index is 662. The second kappa shape index (κ2) is 9.22. The Morgan fingerprint density at radius 2 is 2.00 bits per heavy atom. The third-order valence-electron chi connectivity index (χ3n) is 6.04. The van der Waals surface area contributed by atoms with Gasteiger partial charge in [0.1, 0.15) is 5.75 Å². The summed E-state index contributed by atoms with van der Waals surface area (Å²) in [7, 11) is 3.31. The van der Waals surface area contributed by atoms with Gasteiger partial charge in [-0.25, -0.2) is 0 Å². The van der Waals surface area contributed by atoms with Crippen LogP contribution in [-0.4, -0.2) is 56.5 Å². The van der Waals surface area contributed by atoms with Crippen molar-refractivity contribution in [2.75, 3.05) is 39.1 Å². The molecule has 2 N–H and O–H groups in total. The summed E-state index contributed by atoms with van der Waals surface area (Å²) < 4.78 is 5.16. The lowest BCUT2D eigenvalue weighted by atomic mass is 9.78. The van der Waals surface area contributed by atoms with E-state index in [4.69, 9.17) is 4.74 Å². The van der Waals surface area contributed by atoms with Crippen LogP contribution in [0, 0.1) is 5.92 Å². The van der Waals surface area contributed by atoms with Gasteiger partial charge < -0.3 is 19.9 Å². The highest BCUT2D eigenvalue weighted by atomic mass is 16.5. The summed E-state index contributed by atoms with van der Waals surface area (Å²) in [4.78, 5) is 28.0. The number of nitrogens with one attached hydrogen (secondary N) is 2. The van der Waals surface area contributed by atoms with Crippen molar-refractivity contribution in [1.82, 2.24) is 4.90 Å². The van der Waals surface area contributed by atoms with E-state index in [2.05, 4.69) is 5.32 Å². The van der Waals surface area contributed by atoms with E-state index in [1.807, 2.05) is 18.2 Å². The van der Waals surface area contributed by atoms with Crippen LogP contribution in [0.3, 0.4) is 0 Å². The van der Waals surface area contributed by atoms with E-state index in [1.54, 1.807) is 25.1 Å². The molecular weight excluding hydrogens is 342 g/mol. The van der Waals surface area contributed by atoms with E-state index in [1.165, 1.54) is 43.4 Å². The Kier molecular flexibility index (Phi) is 6.72. The molecule has 2 amide bonds. The van der Waals surface area contributed by atoms with Crippen molar-refractivity contribution in [3.05, 3.63) is 24.3 Å². The van der Waals surface area contributed by atoms with Gasteiger partial charge in [-0.1, -0.05) is 12.5 Å². The zero-order chi connectivity index (χ0) is 19.2. The lowest BCUT2D eigenvalue weighted by Gasteiger charge is -2.41. The van der Waals surface area contributed by atoms with Crippen molar-refractivity contribution in [2.24, 2.45) is 5.92 Å². The highest BCUT2D eigenvalue weighted by Crippen LogP contribution is 2.28. The first kappa shape index (κ1) is 19.7. The van der Waals surface area contributed by atoms with Crippen molar-refractivity contribution in [2.45, 2.75) is 44.6 Å². The molecule has 1 aliphatic heterocycles. The summed E-state index contributed by atoms with van der Waals surface area (Å²) in [6.07, 6.45) is 7.73. The molecule has 1 saturated carbocycles. The van der Waals surface area contributed by atoms with Gasteiger partial charge in [0.15, 0.2) is 6.54 Å². The van der Waals surface area contributed by atoms with Crippen LogP contribution in [0.25, 0.3) is 0 Å². The number of methoxy groups -OCH3 is 1. The SMILES string of the molecule is COc1cccc(NC(=O)CN(C)C(=O)C[NH+]2CCC[C@@H]3CCCC[C@@H]32)c1. The number of quaternary nitrogens is 1. The Hall–Kier alpha value is -2.08. The predicted molar refractivity (Wildman–Crippen MR) is 105 cm³/mol. The molecule has 6 nitrogen and oxygen atoms in total. The number of hydrogen-bond donors (Lipinski definition) is 2.